The van der Waals surface area contributed by atoms with E-state index in [1.54, 1.807) is 25.6 Å². The van der Waals surface area contributed by atoms with E-state index in [0.29, 0.717) is 30.1 Å². The predicted molar refractivity (Wildman–Crippen MR) is 87.9 cm³/mol. The number of rotatable bonds is 7. The number of benzene rings is 1. The molecular weight excluding hydrogens is 310 g/mol. The van der Waals surface area contributed by atoms with Crippen LogP contribution in [0.4, 0.5) is 0 Å². The number of aryl methyl sites for hydroxylation is 2. The number of nitrogens with zero attached hydrogens (tertiary/aromatic N) is 2. The van der Waals surface area contributed by atoms with Crippen molar-refractivity contribution in [2.45, 2.75) is 13.8 Å². The van der Waals surface area contributed by atoms with Crippen molar-refractivity contribution in [2.24, 2.45) is 7.05 Å². The van der Waals surface area contributed by atoms with Gasteiger partial charge in [0.1, 0.15) is 17.9 Å². The van der Waals surface area contributed by atoms with E-state index in [1.807, 2.05) is 30.3 Å². The van der Waals surface area contributed by atoms with Crippen LogP contribution >= 0.6 is 0 Å². The molecule has 24 heavy (non-hydrogen) atoms. The van der Waals surface area contributed by atoms with E-state index < -0.39 is 5.97 Å². The average molecular weight is 331 g/mol. The van der Waals surface area contributed by atoms with Crippen LogP contribution in [0, 0.1) is 13.8 Å². The second-order valence-corrected chi connectivity index (χ2v) is 5.26. The van der Waals surface area contributed by atoms with Gasteiger partial charge >= 0.3 is 5.97 Å². The number of amides is 1. The van der Waals surface area contributed by atoms with E-state index in [0.717, 1.165) is 5.75 Å². The molecule has 0 radical (unpaired) electrons. The Bertz CT molecular complexity index is 710. The number of esters is 1. The lowest BCUT2D eigenvalue weighted by molar-refractivity contribution is -0.124. The highest BCUT2D eigenvalue weighted by Crippen LogP contribution is 2.13. The van der Waals surface area contributed by atoms with Gasteiger partial charge < -0.3 is 14.8 Å². The maximum atomic E-state index is 12.0. The number of carbonyl (C=O) groups excluding carboxylic acids is 2. The monoisotopic (exact) mass is 331 g/mol. The van der Waals surface area contributed by atoms with Gasteiger partial charge in [0.05, 0.1) is 12.2 Å². The molecule has 1 aromatic carbocycles. The fourth-order valence-electron chi connectivity index (χ4n) is 2.20. The molecule has 0 bridgehead atoms. The van der Waals surface area contributed by atoms with Gasteiger partial charge in [-0.25, -0.2) is 4.79 Å². The third kappa shape index (κ3) is 4.58. The van der Waals surface area contributed by atoms with Gasteiger partial charge in [-0.1, -0.05) is 18.2 Å². The molecule has 1 amide bonds. The minimum atomic E-state index is -0.547. The van der Waals surface area contributed by atoms with E-state index in [2.05, 4.69) is 10.4 Å². The summed E-state index contributed by atoms with van der Waals surface area (Å²) in [5.41, 5.74) is 1.68. The molecule has 0 aliphatic heterocycles. The van der Waals surface area contributed by atoms with E-state index in [1.165, 1.54) is 0 Å². The van der Waals surface area contributed by atoms with E-state index in [4.69, 9.17) is 9.47 Å². The van der Waals surface area contributed by atoms with Gasteiger partial charge in [-0.05, 0) is 26.0 Å². The predicted octanol–water partition coefficient (Wildman–Crippen LogP) is 1.39. The molecule has 0 fully saturated rings. The molecule has 7 heteroatoms. The Morgan fingerprint density at radius 1 is 1.21 bits per heavy atom. The molecule has 0 aliphatic rings. The highest BCUT2D eigenvalue weighted by molar-refractivity contribution is 5.93. The molecule has 7 nitrogen and oxygen atoms in total. The molecule has 128 valence electrons. The van der Waals surface area contributed by atoms with Crippen molar-refractivity contribution in [1.29, 1.82) is 0 Å². The Labute approximate surface area is 140 Å². The Morgan fingerprint density at radius 3 is 2.54 bits per heavy atom. The van der Waals surface area contributed by atoms with Crippen molar-refractivity contribution in [1.82, 2.24) is 15.1 Å². The number of aromatic nitrogens is 2. The van der Waals surface area contributed by atoms with Crippen LogP contribution in [-0.4, -0.2) is 41.4 Å². The summed E-state index contributed by atoms with van der Waals surface area (Å²) in [6.07, 6.45) is 0. The van der Waals surface area contributed by atoms with Gasteiger partial charge in [0.15, 0.2) is 6.61 Å². The van der Waals surface area contributed by atoms with Crippen molar-refractivity contribution in [2.75, 3.05) is 19.8 Å². The van der Waals surface area contributed by atoms with Crippen LogP contribution in [0.1, 0.15) is 21.7 Å². The zero-order chi connectivity index (χ0) is 17.5. The minimum absolute atomic E-state index is 0.330. The Kier molecular flexibility index (Phi) is 5.95. The molecule has 2 rings (SSSR count). The molecule has 0 saturated carbocycles. The van der Waals surface area contributed by atoms with E-state index in [-0.39, 0.29) is 12.5 Å². The first-order valence-electron chi connectivity index (χ1n) is 7.61. The first-order valence-corrected chi connectivity index (χ1v) is 7.61. The SMILES string of the molecule is Cc1nn(C)c(C)c1C(=O)OCC(=O)NCCOc1ccccc1. The number of hydrogen-bond donors (Lipinski definition) is 1. The summed E-state index contributed by atoms with van der Waals surface area (Å²) < 4.78 is 12.1. The van der Waals surface area contributed by atoms with Crippen LogP contribution in [0.5, 0.6) is 5.75 Å². The third-order valence-corrected chi connectivity index (χ3v) is 3.48. The fourth-order valence-corrected chi connectivity index (χ4v) is 2.20. The summed E-state index contributed by atoms with van der Waals surface area (Å²) in [6, 6.07) is 9.31. The number of nitrogens with one attached hydrogen (secondary N) is 1. The number of ether oxygens (including phenoxy) is 2. The number of para-hydroxylation sites is 1. The second-order valence-electron chi connectivity index (χ2n) is 5.26. The molecule has 1 aromatic heterocycles. The van der Waals surface area contributed by atoms with Crippen LogP contribution in [0.2, 0.25) is 0 Å². The maximum Gasteiger partial charge on any atom is 0.342 e. The van der Waals surface area contributed by atoms with Crippen molar-refractivity contribution in [3.05, 3.63) is 47.3 Å². The highest BCUT2D eigenvalue weighted by Gasteiger charge is 2.19. The highest BCUT2D eigenvalue weighted by atomic mass is 16.5. The smallest absolute Gasteiger partial charge is 0.342 e. The molecule has 2 aromatic rings. The Hall–Kier alpha value is -2.83. The van der Waals surface area contributed by atoms with Gasteiger partial charge in [0, 0.05) is 12.7 Å². The number of carbonyl (C=O) groups is 2. The van der Waals surface area contributed by atoms with E-state index >= 15 is 0 Å². The fraction of sp³-hybridized carbons (Fsp3) is 0.353. The molecule has 0 spiro atoms. The lowest BCUT2D eigenvalue weighted by Gasteiger charge is -2.08. The van der Waals surface area contributed by atoms with Crippen molar-refractivity contribution in [3.8, 4) is 5.75 Å². The maximum absolute atomic E-state index is 12.0. The Balaban J connectivity index is 1.70. The molecule has 1 heterocycles. The summed E-state index contributed by atoms with van der Waals surface area (Å²) in [4.78, 5) is 23.7. The van der Waals surface area contributed by atoms with Crippen LogP contribution in [0.25, 0.3) is 0 Å². The van der Waals surface area contributed by atoms with Gasteiger partial charge in [-0.15, -0.1) is 0 Å². The normalized spacial score (nSPS) is 10.3. The third-order valence-electron chi connectivity index (χ3n) is 3.48. The van der Waals surface area contributed by atoms with Crippen molar-refractivity contribution < 1.29 is 19.1 Å². The number of hydrogen-bond acceptors (Lipinski definition) is 5. The van der Waals surface area contributed by atoms with Crippen LogP contribution in [-0.2, 0) is 16.6 Å². The van der Waals surface area contributed by atoms with Crippen molar-refractivity contribution >= 4 is 11.9 Å². The summed E-state index contributed by atoms with van der Waals surface area (Å²) >= 11 is 0. The topological polar surface area (TPSA) is 82.5 Å². The van der Waals surface area contributed by atoms with E-state index in [9.17, 15) is 9.59 Å². The second kappa shape index (κ2) is 8.14. The Morgan fingerprint density at radius 2 is 1.92 bits per heavy atom. The van der Waals surface area contributed by atoms with Crippen molar-refractivity contribution in [3.63, 3.8) is 0 Å². The largest absolute Gasteiger partial charge is 0.492 e. The van der Waals surface area contributed by atoms with Crippen LogP contribution in [0.15, 0.2) is 30.3 Å². The molecule has 0 atom stereocenters. The molecule has 1 N–H and O–H groups in total. The molecular formula is C17H21N3O4. The first kappa shape index (κ1) is 17.5. The molecule has 0 aliphatic carbocycles. The van der Waals surface area contributed by atoms with Gasteiger partial charge in [-0.3, -0.25) is 9.48 Å². The zero-order valence-electron chi connectivity index (χ0n) is 14.0. The van der Waals surface area contributed by atoms with Gasteiger partial charge in [-0.2, -0.15) is 5.10 Å². The summed E-state index contributed by atoms with van der Waals surface area (Å²) in [7, 11) is 1.75. The molecule has 0 saturated heterocycles. The van der Waals surface area contributed by atoms with Gasteiger partial charge in [0.25, 0.3) is 5.91 Å². The summed E-state index contributed by atoms with van der Waals surface area (Å²) in [5.74, 6) is -0.186. The summed E-state index contributed by atoms with van der Waals surface area (Å²) in [6.45, 7) is 3.83. The zero-order valence-corrected chi connectivity index (χ0v) is 14.0. The van der Waals surface area contributed by atoms with Crippen LogP contribution < -0.4 is 10.1 Å². The lowest BCUT2D eigenvalue weighted by atomic mass is 10.2. The average Bonchev–Trinajstić information content (AvgIpc) is 2.83. The summed E-state index contributed by atoms with van der Waals surface area (Å²) in [5, 5.41) is 6.78. The minimum Gasteiger partial charge on any atom is -0.492 e. The molecule has 0 unspecified atom stereocenters. The lowest BCUT2D eigenvalue weighted by Crippen LogP contribution is -2.32. The standard InChI is InChI=1S/C17H21N3O4/c1-12-16(13(2)20(3)19-12)17(22)24-11-15(21)18-9-10-23-14-7-5-4-6-8-14/h4-8H,9-11H2,1-3H3,(H,18,21). The first-order chi connectivity index (χ1) is 11.5. The van der Waals surface area contributed by atoms with Gasteiger partial charge in [0.2, 0.25) is 0 Å². The quantitative estimate of drug-likeness (QED) is 0.612. The van der Waals surface area contributed by atoms with Crippen LogP contribution in [0.3, 0.4) is 0 Å².